The molecule has 2 aromatic heterocycles. The second kappa shape index (κ2) is 5.42. The van der Waals surface area contributed by atoms with Crippen LogP contribution in [0, 0.1) is 6.92 Å². The highest BCUT2D eigenvalue weighted by Gasteiger charge is 2.25. The highest BCUT2D eigenvalue weighted by molar-refractivity contribution is 5.82. The highest BCUT2D eigenvalue weighted by atomic mass is 16.2. The van der Waals surface area contributed by atoms with Crippen LogP contribution in [0.2, 0.25) is 0 Å². The lowest BCUT2D eigenvalue weighted by Crippen LogP contribution is -2.47. The van der Waals surface area contributed by atoms with Crippen LogP contribution in [-0.4, -0.2) is 26.9 Å². The number of amides is 1. The molecule has 20 heavy (non-hydrogen) atoms. The zero-order chi connectivity index (χ0) is 13.9. The fraction of sp³-hybridized carbons (Fsp3) is 0.357. The molecule has 0 aromatic carbocycles. The van der Waals surface area contributed by atoms with Crippen molar-refractivity contribution in [1.82, 2.24) is 25.6 Å². The van der Waals surface area contributed by atoms with Gasteiger partial charge in [-0.2, -0.15) is 0 Å². The third kappa shape index (κ3) is 2.70. The number of aromatic amines is 1. The Bertz CT molecular complexity index is 604. The molecular formula is C14H17N5O. The molecule has 0 fully saturated rings. The van der Waals surface area contributed by atoms with Crippen LogP contribution >= 0.6 is 0 Å². The summed E-state index contributed by atoms with van der Waals surface area (Å²) in [6, 6.07) is 3.70. The molecule has 3 N–H and O–H groups in total. The van der Waals surface area contributed by atoms with Gasteiger partial charge in [-0.3, -0.25) is 15.1 Å². The summed E-state index contributed by atoms with van der Waals surface area (Å²) in [5.74, 6) is -0.000718. The number of H-pyrrole nitrogens is 1. The Morgan fingerprint density at radius 3 is 3.15 bits per heavy atom. The lowest BCUT2D eigenvalue weighted by atomic mass is 10.0. The molecule has 0 aliphatic carbocycles. The standard InChI is InChI=1S/C14H17N5O/c1-9-2-3-10(5-15-9)6-17-14(20)12-4-11-13(7-16-12)19-8-18-11/h2-3,5,8,12,16H,4,6-7H2,1H3,(H,17,20)(H,18,19). The molecule has 0 bridgehead atoms. The number of carbonyl (C=O) groups excluding carboxylic acids is 1. The van der Waals surface area contributed by atoms with Gasteiger partial charge in [0.25, 0.3) is 0 Å². The molecule has 2 aromatic rings. The SMILES string of the molecule is Cc1ccc(CNC(=O)C2Cc3nc[nH]c3CN2)cn1. The lowest BCUT2D eigenvalue weighted by molar-refractivity contribution is -0.123. The first kappa shape index (κ1) is 12.8. The van der Waals surface area contributed by atoms with Crippen molar-refractivity contribution < 1.29 is 4.79 Å². The fourth-order valence-electron chi connectivity index (χ4n) is 2.27. The van der Waals surface area contributed by atoms with Gasteiger partial charge in [-0.15, -0.1) is 0 Å². The smallest absolute Gasteiger partial charge is 0.237 e. The van der Waals surface area contributed by atoms with Gasteiger partial charge in [-0.25, -0.2) is 4.98 Å². The number of aromatic nitrogens is 3. The summed E-state index contributed by atoms with van der Waals surface area (Å²) < 4.78 is 0. The Balaban J connectivity index is 1.56. The number of fused-ring (bicyclic) bond motifs is 1. The molecule has 1 atom stereocenters. The summed E-state index contributed by atoms with van der Waals surface area (Å²) in [7, 11) is 0. The van der Waals surface area contributed by atoms with E-state index in [0.717, 1.165) is 22.6 Å². The minimum Gasteiger partial charge on any atom is -0.351 e. The molecule has 1 aliphatic rings. The summed E-state index contributed by atoms with van der Waals surface area (Å²) in [5, 5.41) is 6.14. The van der Waals surface area contributed by atoms with E-state index in [1.807, 2.05) is 19.1 Å². The zero-order valence-corrected chi connectivity index (χ0v) is 11.3. The molecule has 104 valence electrons. The van der Waals surface area contributed by atoms with Crippen LogP contribution in [0.25, 0.3) is 0 Å². The van der Waals surface area contributed by atoms with E-state index in [1.165, 1.54) is 0 Å². The Kier molecular flexibility index (Phi) is 3.47. The van der Waals surface area contributed by atoms with Crippen LogP contribution in [0.4, 0.5) is 0 Å². The van der Waals surface area contributed by atoms with Gasteiger partial charge in [-0.05, 0) is 18.6 Å². The molecule has 1 aliphatic heterocycles. The van der Waals surface area contributed by atoms with Crippen LogP contribution in [-0.2, 0) is 24.3 Å². The number of carbonyl (C=O) groups is 1. The van der Waals surface area contributed by atoms with Crippen molar-refractivity contribution in [2.75, 3.05) is 0 Å². The van der Waals surface area contributed by atoms with Crippen LogP contribution < -0.4 is 10.6 Å². The van der Waals surface area contributed by atoms with E-state index in [2.05, 4.69) is 25.6 Å². The number of aryl methyl sites for hydroxylation is 1. The second-order valence-corrected chi connectivity index (χ2v) is 4.99. The van der Waals surface area contributed by atoms with Crippen LogP contribution in [0.15, 0.2) is 24.7 Å². The van der Waals surface area contributed by atoms with Crippen molar-refractivity contribution in [3.05, 3.63) is 47.3 Å². The molecule has 0 radical (unpaired) electrons. The first-order chi connectivity index (χ1) is 9.72. The predicted molar refractivity (Wildman–Crippen MR) is 73.7 cm³/mol. The van der Waals surface area contributed by atoms with Crippen molar-refractivity contribution in [2.24, 2.45) is 0 Å². The van der Waals surface area contributed by atoms with E-state index in [0.29, 0.717) is 19.5 Å². The van der Waals surface area contributed by atoms with Crippen molar-refractivity contribution in [2.45, 2.75) is 32.5 Å². The molecule has 6 nitrogen and oxygen atoms in total. The normalized spacial score (nSPS) is 17.6. The largest absolute Gasteiger partial charge is 0.351 e. The van der Waals surface area contributed by atoms with Crippen molar-refractivity contribution in [3.8, 4) is 0 Å². The van der Waals surface area contributed by atoms with Gasteiger partial charge in [0.05, 0.1) is 23.8 Å². The van der Waals surface area contributed by atoms with Crippen molar-refractivity contribution in [3.63, 3.8) is 0 Å². The van der Waals surface area contributed by atoms with Crippen LogP contribution in [0.5, 0.6) is 0 Å². The summed E-state index contributed by atoms with van der Waals surface area (Å²) in [4.78, 5) is 23.6. The van der Waals surface area contributed by atoms with Crippen LogP contribution in [0.1, 0.15) is 22.6 Å². The van der Waals surface area contributed by atoms with Gasteiger partial charge in [0, 0.05) is 31.4 Å². The Morgan fingerprint density at radius 1 is 1.45 bits per heavy atom. The zero-order valence-electron chi connectivity index (χ0n) is 11.3. The summed E-state index contributed by atoms with van der Waals surface area (Å²) in [5.41, 5.74) is 4.01. The maximum atomic E-state index is 12.1. The predicted octanol–water partition coefficient (Wildman–Crippen LogP) is 0.444. The fourth-order valence-corrected chi connectivity index (χ4v) is 2.27. The number of pyridine rings is 1. The topological polar surface area (TPSA) is 82.7 Å². The van der Waals surface area contributed by atoms with E-state index < -0.39 is 0 Å². The maximum absolute atomic E-state index is 12.1. The van der Waals surface area contributed by atoms with Gasteiger partial charge in [0.1, 0.15) is 0 Å². The Morgan fingerprint density at radius 2 is 2.35 bits per heavy atom. The summed E-state index contributed by atoms with van der Waals surface area (Å²) >= 11 is 0. The van der Waals surface area contributed by atoms with Gasteiger partial charge in [0.15, 0.2) is 0 Å². The van der Waals surface area contributed by atoms with E-state index >= 15 is 0 Å². The highest BCUT2D eigenvalue weighted by Crippen LogP contribution is 2.12. The number of hydrogen-bond acceptors (Lipinski definition) is 4. The molecule has 1 unspecified atom stereocenters. The molecule has 0 saturated heterocycles. The van der Waals surface area contributed by atoms with E-state index in [9.17, 15) is 4.79 Å². The quantitative estimate of drug-likeness (QED) is 0.756. The summed E-state index contributed by atoms with van der Waals surface area (Å²) in [6.07, 6.45) is 4.08. The number of hydrogen-bond donors (Lipinski definition) is 3. The van der Waals surface area contributed by atoms with Gasteiger partial charge in [-0.1, -0.05) is 6.07 Å². The number of imidazole rings is 1. The van der Waals surface area contributed by atoms with Crippen molar-refractivity contribution >= 4 is 5.91 Å². The minimum absolute atomic E-state index is 0.000718. The number of rotatable bonds is 3. The molecule has 6 heteroatoms. The first-order valence-electron chi connectivity index (χ1n) is 6.66. The minimum atomic E-state index is -0.218. The van der Waals surface area contributed by atoms with E-state index in [-0.39, 0.29) is 11.9 Å². The molecule has 0 saturated carbocycles. The maximum Gasteiger partial charge on any atom is 0.237 e. The summed E-state index contributed by atoms with van der Waals surface area (Å²) in [6.45, 7) is 3.09. The monoisotopic (exact) mass is 271 g/mol. The van der Waals surface area contributed by atoms with Gasteiger partial charge >= 0.3 is 0 Å². The van der Waals surface area contributed by atoms with Crippen LogP contribution in [0.3, 0.4) is 0 Å². The Hall–Kier alpha value is -2.21. The van der Waals surface area contributed by atoms with Gasteiger partial charge < -0.3 is 10.3 Å². The molecule has 0 spiro atoms. The lowest BCUT2D eigenvalue weighted by Gasteiger charge is -2.22. The Labute approximate surface area is 117 Å². The molecule has 3 rings (SSSR count). The molecule has 3 heterocycles. The number of nitrogens with zero attached hydrogens (tertiary/aromatic N) is 2. The van der Waals surface area contributed by atoms with Crippen molar-refractivity contribution in [1.29, 1.82) is 0 Å². The van der Waals surface area contributed by atoms with Gasteiger partial charge in [0.2, 0.25) is 5.91 Å². The number of nitrogens with one attached hydrogen (secondary N) is 3. The first-order valence-corrected chi connectivity index (χ1v) is 6.66. The molecule has 1 amide bonds. The van der Waals surface area contributed by atoms with E-state index in [4.69, 9.17) is 0 Å². The average Bonchev–Trinajstić information content (AvgIpc) is 2.93. The third-order valence-electron chi connectivity index (χ3n) is 3.49. The second-order valence-electron chi connectivity index (χ2n) is 4.99. The van der Waals surface area contributed by atoms with E-state index in [1.54, 1.807) is 12.5 Å². The average molecular weight is 271 g/mol. The molecular weight excluding hydrogens is 254 g/mol. The third-order valence-corrected chi connectivity index (χ3v) is 3.49.